The molecule has 0 saturated heterocycles. The molecule has 0 bridgehead atoms. The number of amides is 2. The van der Waals surface area contributed by atoms with Crippen LogP contribution in [-0.2, 0) is 6.18 Å². The highest BCUT2D eigenvalue weighted by Crippen LogP contribution is 2.38. The Bertz CT molecular complexity index is 1300. The third-order valence-electron chi connectivity index (χ3n) is 4.27. The Morgan fingerprint density at radius 1 is 1.00 bits per heavy atom. The Morgan fingerprint density at radius 2 is 1.77 bits per heavy atom. The number of anilines is 2. The fourth-order valence-corrected chi connectivity index (χ4v) is 3.55. The molecule has 0 radical (unpaired) electrons. The van der Waals surface area contributed by atoms with Gasteiger partial charge in [-0.3, -0.25) is 0 Å². The van der Waals surface area contributed by atoms with Crippen LogP contribution in [0.4, 0.5) is 29.3 Å². The largest absolute Gasteiger partial charge is 0.508 e. The van der Waals surface area contributed by atoms with Crippen LogP contribution in [0.1, 0.15) is 5.82 Å². The van der Waals surface area contributed by atoms with E-state index in [-0.39, 0.29) is 33.2 Å². The van der Waals surface area contributed by atoms with Gasteiger partial charge in [-0.25, -0.2) is 9.78 Å². The van der Waals surface area contributed by atoms with Crippen molar-refractivity contribution in [1.29, 1.82) is 0 Å². The molecule has 0 spiro atoms. The lowest BCUT2D eigenvalue weighted by Crippen LogP contribution is -2.19. The third-order valence-corrected chi connectivity index (χ3v) is 4.88. The molecule has 0 atom stereocenters. The summed E-state index contributed by atoms with van der Waals surface area (Å²) in [6.07, 6.45) is -4.61. The van der Waals surface area contributed by atoms with Gasteiger partial charge in [-0.2, -0.15) is 13.2 Å². The maximum atomic E-state index is 12.8. The van der Waals surface area contributed by atoms with Crippen molar-refractivity contribution in [3.8, 4) is 5.75 Å². The molecule has 11 heteroatoms. The number of aromatic amines is 1. The first-order chi connectivity index (χ1) is 14.1. The van der Waals surface area contributed by atoms with Crippen molar-refractivity contribution in [3.05, 3.63) is 58.3 Å². The fourth-order valence-electron chi connectivity index (χ4n) is 2.96. The number of phenolic OH excluding ortho intramolecular Hbond substituents is 1. The summed E-state index contributed by atoms with van der Waals surface area (Å²) < 4.78 is 38.4. The quantitative estimate of drug-likeness (QED) is 0.282. The number of alkyl halides is 3. The molecule has 3 aromatic carbocycles. The first kappa shape index (κ1) is 20.1. The number of H-pyrrole nitrogens is 1. The van der Waals surface area contributed by atoms with Crippen molar-refractivity contribution in [3.63, 3.8) is 0 Å². The molecule has 0 aliphatic carbocycles. The van der Waals surface area contributed by atoms with E-state index in [0.717, 1.165) is 0 Å². The Labute approximate surface area is 176 Å². The van der Waals surface area contributed by atoms with Gasteiger partial charge in [-0.05, 0) is 42.5 Å². The SMILES string of the molecule is O=C(Nc1ccc2nc(C(F)(F)F)[nH]c2c1)Nc1c(Cl)cc(Cl)c2ccc(O)cc12. The molecule has 0 fully saturated rings. The molecule has 1 aromatic heterocycles. The van der Waals surface area contributed by atoms with Gasteiger partial charge in [0.25, 0.3) is 0 Å². The standard InChI is InChI=1S/C19H11Cl2F3N4O2/c20-12-7-13(21)16(11-6-9(29)2-3-10(11)12)28-18(30)25-8-1-4-14-15(5-8)27-17(26-14)19(22,23)24/h1-7,29H,(H,26,27)(H2,25,28,30). The topological polar surface area (TPSA) is 90.0 Å². The second-order valence-electron chi connectivity index (χ2n) is 6.34. The minimum atomic E-state index is -4.61. The van der Waals surface area contributed by atoms with E-state index in [9.17, 15) is 23.1 Å². The maximum absolute atomic E-state index is 12.8. The number of imidazole rings is 1. The number of hydrogen-bond acceptors (Lipinski definition) is 3. The number of hydrogen-bond donors (Lipinski definition) is 4. The number of phenols is 1. The Balaban J connectivity index is 1.62. The van der Waals surface area contributed by atoms with Crippen LogP contribution in [-0.4, -0.2) is 21.1 Å². The summed E-state index contributed by atoms with van der Waals surface area (Å²) in [5.41, 5.74) is 0.663. The van der Waals surface area contributed by atoms with Crippen LogP contribution in [0.15, 0.2) is 42.5 Å². The normalized spacial score (nSPS) is 11.8. The van der Waals surface area contributed by atoms with E-state index in [1.165, 1.54) is 36.4 Å². The molecule has 1 heterocycles. The number of nitrogens with zero attached hydrogens (tertiary/aromatic N) is 1. The summed E-state index contributed by atoms with van der Waals surface area (Å²) in [5, 5.41) is 16.3. The molecule has 0 saturated carbocycles. The minimum Gasteiger partial charge on any atom is -0.508 e. The van der Waals surface area contributed by atoms with E-state index in [1.807, 2.05) is 0 Å². The predicted octanol–water partition coefficient (Wildman–Crippen LogP) is 6.39. The van der Waals surface area contributed by atoms with Crippen LogP contribution >= 0.6 is 23.2 Å². The zero-order chi connectivity index (χ0) is 21.6. The first-order valence-electron chi connectivity index (χ1n) is 8.37. The van der Waals surface area contributed by atoms with Crippen molar-refractivity contribution in [1.82, 2.24) is 9.97 Å². The lowest BCUT2D eigenvalue weighted by atomic mass is 10.1. The number of aromatic nitrogens is 2. The van der Waals surface area contributed by atoms with E-state index in [0.29, 0.717) is 15.8 Å². The van der Waals surface area contributed by atoms with E-state index in [1.54, 1.807) is 6.07 Å². The molecule has 154 valence electrons. The molecular weight excluding hydrogens is 444 g/mol. The number of nitrogens with one attached hydrogen (secondary N) is 3. The van der Waals surface area contributed by atoms with Crippen LogP contribution in [0.5, 0.6) is 5.75 Å². The van der Waals surface area contributed by atoms with Crippen molar-refractivity contribution >= 4 is 62.4 Å². The third kappa shape index (κ3) is 3.81. The van der Waals surface area contributed by atoms with Crippen molar-refractivity contribution in [2.45, 2.75) is 6.18 Å². The molecule has 0 aliphatic heterocycles. The van der Waals surface area contributed by atoms with E-state index < -0.39 is 18.0 Å². The smallest absolute Gasteiger partial charge is 0.449 e. The van der Waals surface area contributed by atoms with Gasteiger partial charge in [0.2, 0.25) is 5.82 Å². The van der Waals surface area contributed by atoms with Crippen LogP contribution in [0, 0.1) is 0 Å². The summed E-state index contributed by atoms with van der Waals surface area (Å²) in [5.74, 6) is -1.17. The molecule has 30 heavy (non-hydrogen) atoms. The maximum Gasteiger partial charge on any atom is 0.449 e. The van der Waals surface area contributed by atoms with Crippen molar-refractivity contribution < 1.29 is 23.1 Å². The molecule has 2 amide bonds. The average molecular weight is 455 g/mol. The number of fused-ring (bicyclic) bond motifs is 2. The Hall–Kier alpha value is -3.17. The van der Waals surface area contributed by atoms with Crippen LogP contribution < -0.4 is 10.6 Å². The van der Waals surface area contributed by atoms with E-state index >= 15 is 0 Å². The number of carbonyl (C=O) groups is 1. The van der Waals surface area contributed by atoms with Crippen molar-refractivity contribution in [2.75, 3.05) is 10.6 Å². The van der Waals surface area contributed by atoms with Crippen molar-refractivity contribution in [2.24, 2.45) is 0 Å². The zero-order valence-corrected chi connectivity index (χ0v) is 16.2. The fraction of sp³-hybridized carbons (Fsp3) is 0.0526. The first-order valence-corrected chi connectivity index (χ1v) is 9.13. The van der Waals surface area contributed by atoms with Crippen LogP contribution in [0.25, 0.3) is 21.8 Å². The van der Waals surface area contributed by atoms with Gasteiger partial charge in [0.15, 0.2) is 0 Å². The lowest BCUT2D eigenvalue weighted by Gasteiger charge is -2.13. The summed E-state index contributed by atoms with van der Waals surface area (Å²) in [4.78, 5) is 18.1. The number of benzene rings is 3. The highest BCUT2D eigenvalue weighted by Gasteiger charge is 2.34. The lowest BCUT2D eigenvalue weighted by molar-refractivity contribution is -0.144. The zero-order valence-electron chi connectivity index (χ0n) is 14.7. The minimum absolute atomic E-state index is 0.0468. The van der Waals surface area contributed by atoms with Gasteiger partial charge in [0.1, 0.15) is 5.75 Å². The highest BCUT2D eigenvalue weighted by molar-refractivity contribution is 6.41. The monoisotopic (exact) mass is 454 g/mol. The number of aromatic hydroxyl groups is 1. The van der Waals surface area contributed by atoms with Crippen LogP contribution in [0.2, 0.25) is 10.0 Å². The molecule has 4 aromatic rings. The van der Waals surface area contributed by atoms with Gasteiger partial charge in [-0.1, -0.05) is 23.2 Å². The van der Waals surface area contributed by atoms with E-state index in [2.05, 4.69) is 20.6 Å². The molecule has 6 nitrogen and oxygen atoms in total. The summed E-state index contributed by atoms with van der Waals surface area (Å²) in [6.45, 7) is 0. The molecular formula is C19H11Cl2F3N4O2. The number of carbonyl (C=O) groups excluding carboxylic acids is 1. The number of rotatable bonds is 2. The molecule has 0 unspecified atom stereocenters. The summed E-state index contributed by atoms with van der Waals surface area (Å²) in [6, 6.07) is 9.27. The average Bonchev–Trinajstić information content (AvgIpc) is 3.09. The highest BCUT2D eigenvalue weighted by atomic mass is 35.5. The second-order valence-corrected chi connectivity index (χ2v) is 7.15. The molecule has 4 N–H and O–H groups in total. The Morgan fingerprint density at radius 3 is 2.50 bits per heavy atom. The Kier molecular flexibility index (Phi) is 4.87. The molecule has 0 aliphatic rings. The summed E-state index contributed by atoms with van der Waals surface area (Å²) >= 11 is 12.4. The van der Waals surface area contributed by atoms with Gasteiger partial charge >= 0.3 is 12.2 Å². The number of urea groups is 1. The molecule has 4 rings (SSSR count). The van der Waals surface area contributed by atoms with Gasteiger partial charge in [0.05, 0.1) is 26.8 Å². The van der Waals surface area contributed by atoms with Gasteiger partial charge in [0, 0.05) is 16.5 Å². The predicted molar refractivity (Wildman–Crippen MR) is 109 cm³/mol. The van der Waals surface area contributed by atoms with Gasteiger partial charge in [-0.15, -0.1) is 0 Å². The van der Waals surface area contributed by atoms with E-state index in [4.69, 9.17) is 23.2 Å². The summed E-state index contributed by atoms with van der Waals surface area (Å²) in [7, 11) is 0. The second kappa shape index (κ2) is 7.26. The number of halogens is 5. The van der Waals surface area contributed by atoms with Gasteiger partial charge < -0.3 is 20.7 Å². The van der Waals surface area contributed by atoms with Crippen LogP contribution in [0.3, 0.4) is 0 Å².